The molecule has 2 amide bonds. The molecule has 0 aliphatic heterocycles. The highest BCUT2D eigenvalue weighted by atomic mass is 32.2. The minimum Gasteiger partial charge on any atom is -0.534 e. The standard InChI is InChI=1S/C35H46N2O4SSi/c1-34(2,3)40-33(39)37-31(22-23-42-7)32(38)36-30-21-19-25-18-20-26(24-29(25)30)41-43(35(4,5)6,27-14-10-8-11-15-27)28-16-12-9-13-17-28/h8-18,20,24,30-31H,19,21-23H2,1-7H3,(H,36,38)(H,37,39)/t30?,31-/m0/s1. The Balaban J connectivity index is 1.63. The van der Waals surface area contributed by atoms with Crippen LogP contribution < -0.4 is 25.4 Å². The topological polar surface area (TPSA) is 76.7 Å². The molecule has 1 aliphatic rings. The van der Waals surface area contributed by atoms with Crippen LogP contribution in [0.4, 0.5) is 4.79 Å². The average molecular weight is 619 g/mol. The van der Waals surface area contributed by atoms with Gasteiger partial charge in [-0.15, -0.1) is 0 Å². The molecule has 0 saturated carbocycles. The Kier molecular flexibility index (Phi) is 10.3. The van der Waals surface area contributed by atoms with Crippen molar-refractivity contribution < 1.29 is 18.8 Å². The number of thioether (sulfide) groups is 1. The zero-order valence-electron chi connectivity index (χ0n) is 26.5. The third-order valence-corrected chi connectivity index (χ3v) is 13.4. The highest BCUT2D eigenvalue weighted by molar-refractivity contribution is 7.98. The highest BCUT2D eigenvalue weighted by Gasteiger charge is 2.52. The van der Waals surface area contributed by atoms with Gasteiger partial charge in [0.15, 0.2) is 0 Å². The summed E-state index contributed by atoms with van der Waals surface area (Å²) < 4.78 is 12.7. The van der Waals surface area contributed by atoms with Crippen LogP contribution >= 0.6 is 11.8 Å². The molecule has 43 heavy (non-hydrogen) atoms. The van der Waals surface area contributed by atoms with Gasteiger partial charge in [0.1, 0.15) is 17.4 Å². The van der Waals surface area contributed by atoms with E-state index < -0.39 is 26.1 Å². The molecule has 1 unspecified atom stereocenters. The zero-order chi connectivity index (χ0) is 31.3. The lowest BCUT2D eigenvalue weighted by Crippen LogP contribution is -2.68. The van der Waals surface area contributed by atoms with E-state index in [1.54, 1.807) is 11.8 Å². The predicted octanol–water partition coefficient (Wildman–Crippen LogP) is 6.38. The minimum atomic E-state index is -2.80. The van der Waals surface area contributed by atoms with Gasteiger partial charge in [0.2, 0.25) is 5.91 Å². The van der Waals surface area contributed by atoms with Crippen LogP contribution in [0.25, 0.3) is 0 Å². The average Bonchev–Trinajstić information content (AvgIpc) is 3.34. The Morgan fingerprint density at radius 1 is 0.930 bits per heavy atom. The molecular weight excluding hydrogens is 573 g/mol. The first-order chi connectivity index (χ1) is 20.3. The van der Waals surface area contributed by atoms with Gasteiger partial charge < -0.3 is 19.8 Å². The second kappa shape index (κ2) is 13.6. The third kappa shape index (κ3) is 7.84. The monoisotopic (exact) mass is 618 g/mol. The molecule has 2 atom stereocenters. The number of hydrogen-bond acceptors (Lipinski definition) is 5. The lowest BCUT2D eigenvalue weighted by atomic mass is 10.1. The van der Waals surface area contributed by atoms with Crippen molar-refractivity contribution in [2.24, 2.45) is 0 Å². The van der Waals surface area contributed by atoms with Gasteiger partial charge in [0, 0.05) is 0 Å². The molecule has 0 spiro atoms. The molecule has 3 aromatic carbocycles. The van der Waals surface area contributed by atoms with Gasteiger partial charge in [-0.1, -0.05) is 87.5 Å². The summed E-state index contributed by atoms with van der Waals surface area (Å²) in [4.78, 5) is 26.0. The summed E-state index contributed by atoms with van der Waals surface area (Å²) in [6.07, 6.45) is 3.59. The SMILES string of the molecule is CSCC[C@H](NC(=O)OC(C)(C)C)C(=O)NC1CCc2ccc(O[Si](c3ccccc3)(c3ccccc3)C(C)(C)C)cc21. The number of ether oxygens (including phenoxy) is 1. The Bertz CT molecular complexity index is 1350. The van der Waals surface area contributed by atoms with Crippen molar-refractivity contribution in [3.8, 4) is 5.75 Å². The lowest BCUT2D eigenvalue weighted by molar-refractivity contribution is -0.124. The number of carbonyl (C=O) groups is 2. The molecule has 4 rings (SSSR count). The van der Waals surface area contributed by atoms with Crippen molar-refractivity contribution in [3.05, 3.63) is 90.0 Å². The number of fused-ring (bicyclic) bond motifs is 1. The second-order valence-electron chi connectivity index (χ2n) is 13.2. The number of rotatable bonds is 10. The predicted molar refractivity (Wildman–Crippen MR) is 180 cm³/mol. The Morgan fingerprint density at radius 2 is 1.53 bits per heavy atom. The van der Waals surface area contributed by atoms with E-state index in [4.69, 9.17) is 9.16 Å². The summed E-state index contributed by atoms with van der Waals surface area (Å²) in [6, 6.07) is 26.7. The Labute approximate surface area is 262 Å². The van der Waals surface area contributed by atoms with Gasteiger partial charge >= 0.3 is 14.4 Å². The fourth-order valence-corrected chi connectivity index (χ4v) is 10.7. The molecule has 0 saturated heterocycles. The summed E-state index contributed by atoms with van der Waals surface area (Å²) in [7, 11) is -2.80. The molecule has 230 valence electrons. The number of hydrogen-bond donors (Lipinski definition) is 2. The first-order valence-corrected chi connectivity index (χ1v) is 18.4. The summed E-state index contributed by atoms with van der Waals surface area (Å²) in [5.41, 5.74) is 1.64. The van der Waals surface area contributed by atoms with Crippen LogP contribution in [0.2, 0.25) is 5.04 Å². The second-order valence-corrected chi connectivity index (χ2v) is 18.4. The van der Waals surface area contributed by atoms with Crippen molar-refractivity contribution in [2.75, 3.05) is 12.0 Å². The molecule has 6 nitrogen and oxygen atoms in total. The maximum Gasteiger partial charge on any atom is 0.408 e. The lowest BCUT2D eigenvalue weighted by Gasteiger charge is -2.43. The molecule has 2 N–H and O–H groups in total. The number of aryl methyl sites for hydroxylation is 1. The van der Waals surface area contributed by atoms with Crippen LogP contribution in [-0.2, 0) is 16.0 Å². The van der Waals surface area contributed by atoms with E-state index in [0.717, 1.165) is 29.9 Å². The Hall–Kier alpha value is -3.23. The van der Waals surface area contributed by atoms with Crippen molar-refractivity contribution in [2.45, 2.75) is 83.5 Å². The van der Waals surface area contributed by atoms with Crippen molar-refractivity contribution in [1.29, 1.82) is 0 Å². The van der Waals surface area contributed by atoms with Crippen LogP contribution in [0.3, 0.4) is 0 Å². The minimum absolute atomic E-state index is 0.164. The number of nitrogens with one attached hydrogen (secondary N) is 2. The first-order valence-electron chi connectivity index (χ1n) is 15.1. The van der Waals surface area contributed by atoms with Crippen LogP contribution in [0.5, 0.6) is 5.75 Å². The van der Waals surface area contributed by atoms with E-state index in [2.05, 4.69) is 98.1 Å². The molecule has 0 radical (unpaired) electrons. The van der Waals surface area contributed by atoms with Gasteiger partial charge in [0.25, 0.3) is 0 Å². The van der Waals surface area contributed by atoms with Gasteiger partial charge in [0.05, 0.1) is 6.04 Å². The Morgan fingerprint density at radius 3 is 2.07 bits per heavy atom. The number of carbonyl (C=O) groups excluding carboxylic acids is 2. The van der Waals surface area contributed by atoms with E-state index in [1.165, 1.54) is 15.9 Å². The number of benzene rings is 3. The number of alkyl carbamates (subject to hydrolysis) is 1. The fraction of sp³-hybridized carbons (Fsp3) is 0.429. The first kappa shape index (κ1) is 32.7. The quantitative estimate of drug-likeness (QED) is 0.258. The van der Waals surface area contributed by atoms with Crippen LogP contribution in [0.15, 0.2) is 78.9 Å². The summed E-state index contributed by atoms with van der Waals surface area (Å²) in [5.74, 6) is 1.35. The van der Waals surface area contributed by atoms with Crippen LogP contribution in [0.1, 0.15) is 71.6 Å². The van der Waals surface area contributed by atoms with Crippen molar-refractivity contribution in [3.63, 3.8) is 0 Å². The molecule has 1 aliphatic carbocycles. The van der Waals surface area contributed by atoms with Crippen LogP contribution in [0, 0.1) is 0 Å². The van der Waals surface area contributed by atoms with E-state index in [0.29, 0.717) is 6.42 Å². The van der Waals surface area contributed by atoms with Gasteiger partial charge in [-0.05, 0) is 90.7 Å². The molecule has 0 aromatic heterocycles. The maximum absolute atomic E-state index is 13.5. The molecule has 8 heteroatoms. The number of amides is 2. The van der Waals surface area contributed by atoms with Crippen molar-refractivity contribution >= 4 is 42.5 Å². The highest BCUT2D eigenvalue weighted by Crippen LogP contribution is 2.40. The normalized spacial score (nSPS) is 15.7. The van der Waals surface area contributed by atoms with E-state index >= 15 is 0 Å². The fourth-order valence-electron chi connectivity index (χ4n) is 5.85. The smallest absolute Gasteiger partial charge is 0.408 e. The van der Waals surface area contributed by atoms with E-state index in [9.17, 15) is 9.59 Å². The molecular formula is C35H46N2O4SSi. The third-order valence-electron chi connectivity index (χ3n) is 7.82. The summed E-state index contributed by atoms with van der Waals surface area (Å²) in [6.45, 7) is 12.2. The van der Waals surface area contributed by atoms with Gasteiger partial charge in [-0.25, -0.2) is 4.79 Å². The maximum atomic E-state index is 13.5. The molecule has 0 heterocycles. The molecule has 0 fully saturated rings. The zero-order valence-corrected chi connectivity index (χ0v) is 28.3. The molecule has 0 bridgehead atoms. The van der Waals surface area contributed by atoms with Gasteiger partial charge in [-0.3, -0.25) is 4.79 Å². The van der Waals surface area contributed by atoms with Crippen molar-refractivity contribution in [1.82, 2.24) is 10.6 Å². The van der Waals surface area contributed by atoms with Crippen LogP contribution in [-0.4, -0.2) is 44.0 Å². The largest absolute Gasteiger partial charge is 0.534 e. The van der Waals surface area contributed by atoms with Gasteiger partial charge in [-0.2, -0.15) is 11.8 Å². The van der Waals surface area contributed by atoms with E-state index in [-0.39, 0.29) is 17.0 Å². The summed E-state index contributed by atoms with van der Waals surface area (Å²) >= 11 is 1.64. The summed E-state index contributed by atoms with van der Waals surface area (Å²) in [5, 5.41) is 8.29. The molecule has 3 aromatic rings. The van der Waals surface area contributed by atoms with E-state index in [1.807, 2.05) is 39.2 Å².